The number of thiazole rings is 1. The number of aryl methyl sites for hydroxylation is 1. The summed E-state index contributed by atoms with van der Waals surface area (Å²) in [5, 5.41) is 3.07. The van der Waals surface area contributed by atoms with Gasteiger partial charge in [0.2, 0.25) is 0 Å². The average molecular weight is 293 g/mol. The first-order valence-electron chi connectivity index (χ1n) is 6.07. The number of pyridine rings is 1. The van der Waals surface area contributed by atoms with E-state index in [0.717, 1.165) is 28.3 Å². The van der Waals surface area contributed by atoms with Gasteiger partial charge in [-0.1, -0.05) is 0 Å². The predicted octanol–water partition coefficient (Wildman–Crippen LogP) is 3.28. The number of nitrogens with zero attached hydrogens (tertiary/aromatic N) is 4. The first-order valence-corrected chi connectivity index (χ1v) is 7.49. The van der Waals surface area contributed by atoms with E-state index in [1.807, 2.05) is 17.6 Å². The fraction of sp³-hybridized carbons (Fsp3) is 0.308. The Morgan fingerprint density at radius 1 is 1.42 bits per heavy atom. The van der Waals surface area contributed by atoms with Crippen LogP contribution in [0.5, 0.6) is 0 Å². The van der Waals surface area contributed by atoms with Crippen LogP contribution in [0, 0.1) is 0 Å². The van der Waals surface area contributed by atoms with Crippen LogP contribution in [0.25, 0.3) is 11.0 Å². The van der Waals surface area contributed by atoms with Crippen LogP contribution in [0.4, 0.5) is 0 Å². The molecule has 3 aromatic heterocycles. The summed E-state index contributed by atoms with van der Waals surface area (Å²) in [6.07, 6.45) is 6.15. The highest BCUT2D eigenvalue weighted by atomic mass is 35.5. The number of fused-ring (bicyclic) bond motifs is 1. The van der Waals surface area contributed by atoms with Crippen molar-refractivity contribution in [3.8, 4) is 0 Å². The van der Waals surface area contributed by atoms with Crippen molar-refractivity contribution in [2.75, 3.05) is 5.88 Å². The van der Waals surface area contributed by atoms with Crippen LogP contribution >= 0.6 is 22.9 Å². The van der Waals surface area contributed by atoms with Gasteiger partial charge in [-0.15, -0.1) is 22.9 Å². The summed E-state index contributed by atoms with van der Waals surface area (Å²) in [5.41, 5.74) is 1.99. The summed E-state index contributed by atoms with van der Waals surface area (Å²) in [6, 6.07) is 2.15. The van der Waals surface area contributed by atoms with Crippen molar-refractivity contribution in [2.24, 2.45) is 0 Å². The molecule has 0 spiro atoms. The van der Waals surface area contributed by atoms with E-state index in [1.165, 1.54) is 0 Å². The second-order valence-electron chi connectivity index (χ2n) is 4.25. The SMILES string of the molecule is CC(c1nccs1)n1c(CCCl)nc2cnccc21. The Morgan fingerprint density at radius 3 is 3.05 bits per heavy atom. The Kier molecular flexibility index (Phi) is 3.48. The van der Waals surface area contributed by atoms with E-state index in [4.69, 9.17) is 11.6 Å². The summed E-state index contributed by atoms with van der Waals surface area (Å²) in [4.78, 5) is 13.2. The molecule has 4 nitrogen and oxygen atoms in total. The zero-order valence-electron chi connectivity index (χ0n) is 10.5. The minimum Gasteiger partial charge on any atom is -0.318 e. The van der Waals surface area contributed by atoms with Gasteiger partial charge in [0, 0.05) is 30.1 Å². The van der Waals surface area contributed by atoms with Gasteiger partial charge in [0.1, 0.15) is 16.3 Å². The lowest BCUT2D eigenvalue weighted by molar-refractivity contribution is 0.620. The molecule has 1 atom stereocenters. The summed E-state index contributed by atoms with van der Waals surface area (Å²) in [6.45, 7) is 2.14. The second kappa shape index (κ2) is 5.27. The number of aromatic nitrogens is 4. The van der Waals surface area contributed by atoms with E-state index in [1.54, 1.807) is 23.7 Å². The molecule has 1 unspecified atom stereocenters. The van der Waals surface area contributed by atoms with Crippen LogP contribution in [0.3, 0.4) is 0 Å². The highest BCUT2D eigenvalue weighted by Crippen LogP contribution is 2.27. The van der Waals surface area contributed by atoms with E-state index in [-0.39, 0.29) is 6.04 Å². The lowest BCUT2D eigenvalue weighted by atomic mass is 10.3. The number of alkyl halides is 1. The van der Waals surface area contributed by atoms with Crippen molar-refractivity contribution in [1.29, 1.82) is 0 Å². The molecule has 3 rings (SSSR count). The van der Waals surface area contributed by atoms with E-state index >= 15 is 0 Å². The van der Waals surface area contributed by atoms with Crippen molar-refractivity contribution < 1.29 is 0 Å². The van der Waals surface area contributed by atoms with Crippen LogP contribution in [0.2, 0.25) is 0 Å². The molecule has 0 aliphatic rings. The molecule has 3 aromatic rings. The third kappa shape index (κ3) is 2.24. The van der Waals surface area contributed by atoms with Crippen LogP contribution < -0.4 is 0 Å². The standard InChI is InChI=1S/C13H13ClN4S/c1-9(13-16-6-7-19-13)18-11-3-5-15-8-10(11)17-12(18)2-4-14/h3,5-9H,2,4H2,1H3. The fourth-order valence-corrected chi connectivity index (χ4v) is 3.10. The monoisotopic (exact) mass is 292 g/mol. The lowest BCUT2D eigenvalue weighted by Crippen LogP contribution is -2.11. The molecular formula is C13H13ClN4S. The first-order chi connectivity index (χ1) is 9.31. The molecule has 19 heavy (non-hydrogen) atoms. The van der Waals surface area contributed by atoms with Crippen molar-refractivity contribution in [1.82, 2.24) is 19.5 Å². The smallest absolute Gasteiger partial charge is 0.115 e. The van der Waals surface area contributed by atoms with Gasteiger partial charge in [0.05, 0.1) is 17.8 Å². The third-order valence-electron chi connectivity index (χ3n) is 3.08. The summed E-state index contributed by atoms with van der Waals surface area (Å²) >= 11 is 7.54. The normalized spacial score (nSPS) is 12.9. The molecule has 0 radical (unpaired) electrons. The topological polar surface area (TPSA) is 43.6 Å². The van der Waals surface area contributed by atoms with Crippen molar-refractivity contribution in [3.05, 3.63) is 40.9 Å². The molecule has 6 heteroatoms. The van der Waals surface area contributed by atoms with Crippen LogP contribution in [0.15, 0.2) is 30.0 Å². The Morgan fingerprint density at radius 2 is 2.32 bits per heavy atom. The van der Waals surface area contributed by atoms with Gasteiger partial charge in [-0.05, 0) is 13.0 Å². The van der Waals surface area contributed by atoms with Gasteiger partial charge in [-0.2, -0.15) is 0 Å². The van der Waals surface area contributed by atoms with Crippen LogP contribution in [-0.4, -0.2) is 25.4 Å². The molecule has 0 aromatic carbocycles. The van der Waals surface area contributed by atoms with Gasteiger partial charge in [0.15, 0.2) is 0 Å². The minimum atomic E-state index is 0.158. The van der Waals surface area contributed by atoms with Crippen molar-refractivity contribution in [3.63, 3.8) is 0 Å². The number of imidazole rings is 1. The predicted molar refractivity (Wildman–Crippen MR) is 77.9 cm³/mol. The lowest BCUT2D eigenvalue weighted by Gasteiger charge is -2.15. The highest BCUT2D eigenvalue weighted by Gasteiger charge is 2.18. The number of hydrogen-bond acceptors (Lipinski definition) is 4. The van der Waals surface area contributed by atoms with Gasteiger partial charge in [0.25, 0.3) is 0 Å². The molecular weight excluding hydrogens is 280 g/mol. The summed E-state index contributed by atoms with van der Waals surface area (Å²) in [5.74, 6) is 1.54. The molecule has 3 heterocycles. The number of halogens is 1. The molecule has 0 amide bonds. The zero-order chi connectivity index (χ0) is 13.2. The maximum absolute atomic E-state index is 5.88. The zero-order valence-corrected chi connectivity index (χ0v) is 12.0. The molecule has 0 aliphatic heterocycles. The average Bonchev–Trinajstić information content (AvgIpc) is 3.06. The second-order valence-corrected chi connectivity index (χ2v) is 5.55. The van der Waals surface area contributed by atoms with E-state index in [2.05, 4.69) is 26.4 Å². The van der Waals surface area contributed by atoms with E-state index < -0.39 is 0 Å². The minimum absolute atomic E-state index is 0.158. The molecule has 0 bridgehead atoms. The molecule has 0 saturated heterocycles. The van der Waals surface area contributed by atoms with Crippen molar-refractivity contribution >= 4 is 34.0 Å². The number of rotatable bonds is 4. The summed E-state index contributed by atoms with van der Waals surface area (Å²) < 4.78 is 2.21. The maximum Gasteiger partial charge on any atom is 0.115 e. The Balaban J connectivity index is 2.17. The molecule has 98 valence electrons. The van der Waals surface area contributed by atoms with Gasteiger partial charge < -0.3 is 4.57 Å². The molecule has 0 N–H and O–H groups in total. The Labute approximate surface area is 120 Å². The molecule has 0 fully saturated rings. The molecule has 0 aliphatic carbocycles. The Hall–Kier alpha value is -1.46. The fourth-order valence-electron chi connectivity index (χ4n) is 2.24. The summed E-state index contributed by atoms with van der Waals surface area (Å²) in [7, 11) is 0. The first kappa shape index (κ1) is 12.6. The third-order valence-corrected chi connectivity index (χ3v) is 4.21. The van der Waals surface area contributed by atoms with Gasteiger partial charge in [-0.25, -0.2) is 9.97 Å². The highest BCUT2D eigenvalue weighted by molar-refractivity contribution is 7.09. The quantitative estimate of drug-likeness (QED) is 0.693. The number of hydrogen-bond donors (Lipinski definition) is 0. The Bertz CT molecular complexity index is 677. The van der Waals surface area contributed by atoms with Crippen LogP contribution in [0.1, 0.15) is 23.8 Å². The maximum atomic E-state index is 5.88. The van der Waals surface area contributed by atoms with Crippen LogP contribution in [-0.2, 0) is 6.42 Å². The van der Waals surface area contributed by atoms with Gasteiger partial charge >= 0.3 is 0 Å². The van der Waals surface area contributed by atoms with Gasteiger partial charge in [-0.3, -0.25) is 4.98 Å². The molecule has 0 saturated carbocycles. The van der Waals surface area contributed by atoms with E-state index in [0.29, 0.717) is 5.88 Å². The van der Waals surface area contributed by atoms with Crippen molar-refractivity contribution in [2.45, 2.75) is 19.4 Å². The van der Waals surface area contributed by atoms with E-state index in [9.17, 15) is 0 Å². The largest absolute Gasteiger partial charge is 0.318 e.